The van der Waals surface area contributed by atoms with E-state index in [1.807, 2.05) is 18.2 Å². The Morgan fingerprint density at radius 2 is 2.08 bits per heavy atom. The molecule has 12 heteroatoms. The molecule has 0 saturated heterocycles. The minimum Gasteiger partial charge on any atom is -0.493 e. The van der Waals surface area contributed by atoms with Crippen LogP contribution >= 0.6 is 0 Å². The summed E-state index contributed by atoms with van der Waals surface area (Å²) in [6.45, 7) is 2.28. The van der Waals surface area contributed by atoms with Gasteiger partial charge in [0.25, 0.3) is 0 Å². The molecule has 0 radical (unpaired) electrons. The minimum absolute atomic E-state index is 0.0885. The van der Waals surface area contributed by atoms with Gasteiger partial charge in [0.1, 0.15) is 30.3 Å². The van der Waals surface area contributed by atoms with Gasteiger partial charge in [-0.15, -0.1) is 5.10 Å². The van der Waals surface area contributed by atoms with Gasteiger partial charge in [0.05, 0.1) is 24.9 Å². The average molecular weight is 521 g/mol. The second-order valence-corrected chi connectivity index (χ2v) is 9.08. The highest BCUT2D eigenvalue weighted by molar-refractivity contribution is 5.91. The van der Waals surface area contributed by atoms with E-state index in [1.54, 1.807) is 12.3 Å². The summed E-state index contributed by atoms with van der Waals surface area (Å²) in [4.78, 5) is 23.3. The molecule has 3 N–H and O–H groups in total. The number of fused-ring (bicyclic) bond motifs is 1. The highest BCUT2D eigenvalue weighted by Gasteiger charge is 2.27. The van der Waals surface area contributed by atoms with Crippen molar-refractivity contribution in [3.05, 3.63) is 60.8 Å². The number of hydrogen-bond donors (Lipinski definition) is 3. The van der Waals surface area contributed by atoms with Gasteiger partial charge in [-0.2, -0.15) is 0 Å². The standard InChI is InChI=1S/C26H29FN8O3/c27-18-3-1-4-19(13-18)30-25(37)16-35-15-24(32-33-35)31-26-22-8-7-21(14-23(22)28-17-29-26)38-12-2-9-34(10-11-36)20-5-6-20/h1,3-4,7-8,13-15,17,20,36H,2,5-6,9-12,16H2,(H,30,37)(H,28,29,31). The summed E-state index contributed by atoms with van der Waals surface area (Å²) in [6, 6.07) is 11.9. The smallest absolute Gasteiger partial charge is 0.246 e. The fourth-order valence-corrected chi connectivity index (χ4v) is 4.20. The Morgan fingerprint density at radius 3 is 2.89 bits per heavy atom. The topological polar surface area (TPSA) is 130 Å². The molecule has 2 heterocycles. The number of nitrogens with one attached hydrogen (secondary N) is 2. The van der Waals surface area contributed by atoms with E-state index in [-0.39, 0.29) is 19.1 Å². The van der Waals surface area contributed by atoms with E-state index in [9.17, 15) is 14.3 Å². The zero-order valence-corrected chi connectivity index (χ0v) is 20.8. The number of ether oxygens (including phenoxy) is 1. The van der Waals surface area contributed by atoms with Crippen LogP contribution in [0.1, 0.15) is 19.3 Å². The van der Waals surface area contributed by atoms with Gasteiger partial charge in [-0.1, -0.05) is 11.3 Å². The van der Waals surface area contributed by atoms with Crippen LogP contribution in [0, 0.1) is 5.82 Å². The van der Waals surface area contributed by atoms with E-state index >= 15 is 0 Å². The predicted octanol–water partition coefficient (Wildman–Crippen LogP) is 2.97. The van der Waals surface area contributed by atoms with Crippen molar-refractivity contribution in [1.29, 1.82) is 0 Å². The number of halogens is 1. The van der Waals surface area contributed by atoms with Crippen LogP contribution in [0.15, 0.2) is 55.0 Å². The molecule has 4 aromatic rings. The maximum absolute atomic E-state index is 13.3. The lowest BCUT2D eigenvalue weighted by Gasteiger charge is -2.20. The van der Waals surface area contributed by atoms with Gasteiger partial charge in [0.2, 0.25) is 5.91 Å². The first kappa shape index (κ1) is 25.5. The number of carbonyl (C=O) groups is 1. The number of benzene rings is 2. The molecule has 1 aliphatic rings. The second kappa shape index (κ2) is 11.9. The lowest BCUT2D eigenvalue weighted by atomic mass is 10.2. The molecular formula is C26H29FN8O3. The molecule has 11 nitrogen and oxygen atoms in total. The number of anilines is 3. The number of aliphatic hydroxyl groups is 1. The van der Waals surface area contributed by atoms with Crippen LogP contribution < -0.4 is 15.4 Å². The molecule has 1 saturated carbocycles. The molecule has 38 heavy (non-hydrogen) atoms. The Bertz CT molecular complexity index is 1390. The molecule has 0 bridgehead atoms. The highest BCUT2D eigenvalue weighted by Crippen LogP contribution is 2.27. The SMILES string of the molecule is O=C(Cn1cc(Nc2ncnc3cc(OCCCN(CCO)C4CC4)ccc23)nn1)Nc1cccc(F)c1. The average Bonchev–Trinajstić information content (AvgIpc) is 3.66. The van der Waals surface area contributed by atoms with Crippen molar-refractivity contribution < 1.29 is 19.0 Å². The van der Waals surface area contributed by atoms with E-state index in [0.717, 1.165) is 24.1 Å². The van der Waals surface area contributed by atoms with Crippen LogP contribution in [0.25, 0.3) is 10.9 Å². The van der Waals surface area contributed by atoms with Crippen molar-refractivity contribution in [2.24, 2.45) is 0 Å². The number of aliphatic hydroxyl groups excluding tert-OH is 1. The molecule has 0 unspecified atom stereocenters. The fraction of sp³-hybridized carbons (Fsp3) is 0.346. The first-order valence-corrected chi connectivity index (χ1v) is 12.5. The number of rotatable bonds is 13. The van der Waals surface area contributed by atoms with Gasteiger partial charge < -0.3 is 20.5 Å². The number of hydrogen-bond acceptors (Lipinski definition) is 9. The zero-order chi connectivity index (χ0) is 26.3. The predicted molar refractivity (Wildman–Crippen MR) is 140 cm³/mol. The van der Waals surface area contributed by atoms with Crippen molar-refractivity contribution in [2.75, 3.05) is 36.9 Å². The lowest BCUT2D eigenvalue weighted by Crippen LogP contribution is -2.31. The highest BCUT2D eigenvalue weighted by atomic mass is 19.1. The number of amides is 1. The summed E-state index contributed by atoms with van der Waals surface area (Å²) in [5.41, 5.74) is 1.08. The lowest BCUT2D eigenvalue weighted by molar-refractivity contribution is -0.116. The van der Waals surface area contributed by atoms with Crippen molar-refractivity contribution >= 4 is 34.1 Å². The maximum atomic E-state index is 13.3. The Morgan fingerprint density at radius 1 is 1.18 bits per heavy atom. The molecule has 0 aliphatic heterocycles. The van der Waals surface area contributed by atoms with Crippen LogP contribution in [0.5, 0.6) is 5.75 Å². The Balaban J connectivity index is 1.16. The third-order valence-electron chi connectivity index (χ3n) is 6.12. The number of aromatic nitrogens is 5. The molecule has 2 aromatic heterocycles. The van der Waals surface area contributed by atoms with Crippen molar-refractivity contribution in [2.45, 2.75) is 31.8 Å². The molecule has 1 aliphatic carbocycles. The molecule has 0 atom stereocenters. The largest absolute Gasteiger partial charge is 0.493 e. The van der Waals surface area contributed by atoms with Gasteiger partial charge >= 0.3 is 0 Å². The van der Waals surface area contributed by atoms with Crippen molar-refractivity contribution in [3.8, 4) is 5.75 Å². The molecular weight excluding hydrogens is 491 g/mol. The summed E-state index contributed by atoms with van der Waals surface area (Å²) in [6.07, 6.45) is 6.33. The van der Waals surface area contributed by atoms with E-state index in [4.69, 9.17) is 4.74 Å². The number of nitrogens with zero attached hydrogens (tertiary/aromatic N) is 6. The van der Waals surface area contributed by atoms with Gasteiger partial charge in [0.15, 0.2) is 5.82 Å². The molecule has 2 aromatic carbocycles. The van der Waals surface area contributed by atoms with Crippen LogP contribution in [0.2, 0.25) is 0 Å². The van der Waals surface area contributed by atoms with E-state index in [1.165, 1.54) is 42.0 Å². The second-order valence-electron chi connectivity index (χ2n) is 9.08. The van der Waals surface area contributed by atoms with Crippen LogP contribution in [-0.4, -0.2) is 73.2 Å². The molecule has 198 valence electrons. The normalized spacial score (nSPS) is 13.1. The Kier molecular flexibility index (Phi) is 8.00. The first-order chi connectivity index (χ1) is 18.6. The third kappa shape index (κ3) is 6.78. The Labute approximate surface area is 218 Å². The summed E-state index contributed by atoms with van der Waals surface area (Å²) in [5, 5.41) is 23.8. The molecule has 0 spiro atoms. The van der Waals surface area contributed by atoms with Gasteiger partial charge in [0, 0.05) is 36.3 Å². The third-order valence-corrected chi connectivity index (χ3v) is 6.12. The van der Waals surface area contributed by atoms with E-state index < -0.39 is 5.82 Å². The summed E-state index contributed by atoms with van der Waals surface area (Å²) < 4.78 is 20.6. The van der Waals surface area contributed by atoms with Crippen LogP contribution in [0.3, 0.4) is 0 Å². The summed E-state index contributed by atoms with van der Waals surface area (Å²) in [7, 11) is 0. The fourth-order valence-electron chi connectivity index (χ4n) is 4.20. The van der Waals surface area contributed by atoms with Gasteiger partial charge in [-0.05, 0) is 49.6 Å². The summed E-state index contributed by atoms with van der Waals surface area (Å²) >= 11 is 0. The van der Waals surface area contributed by atoms with Crippen molar-refractivity contribution in [3.63, 3.8) is 0 Å². The van der Waals surface area contributed by atoms with Gasteiger partial charge in [-0.25, -0.2) is 19.0 Å². The van der Waals surface area contributed by atoms with Crippen LogP contribution in [-0.2, 0) is 11.3 Å². The maximum Gasteiger partial charge on any atom is 0.246 e. The Hall–Kier alpha value is -4.16. The van der Waals surface area contributed by atoms with Crippen LogP contribution in [0.4, 0.5) is 21.7 Å². The molecule has 1 amide bonds. The van der Waals surface area contributed by atoms with E-state index in [0.29, 0.717) is 42.0 Å². The first-order valence-electron chi connectivity index (χ1n) is 12.5. The van der Waals surface area contributed by atoms with E-state index in [2.05, 4.69) is 35.8 Å². The number of carbonyl (C=O) groups excluding carboxylic acids is 1. The van der Waals surface area contributed by atoms with Crippen molar-refractivity contribution in [1.82, 2.24) is 29.9 Å². The van der Waals surface area contributed by atoms with Gasteiger partial charge in [-0.3, -0.25) is 9.69 Å². The summed E-state index contributed by atoms with van der Waals surface area (Å²) in [5.74, 6) is 0.882. The zero-order valence-electron chi connectivity index (χ0n) is 20.8. The molecule has 5 rings (SSSR count). The quantitative estimate of drug-likeness (QED) is 0.228. The molecule has 1 fully saturated rings. The monoisotopic (exact) mass is 520 g/mol. The minimum atomic E-state index is -0.430.